The van der Waals surface area contributed by atoms with Gasteiger partial charge in [0.2, 0.25) is 5.91 Å². The summed E-state index contributed by atoms with van der Waals surface area (Å²) < 4.78 is 0. The van der Waals surface area contributed by atoms with Crippen LogP contribution in [0.3, 0.4) is 0 Å². The SMILES string of the molecule is O=C(CCCNc1ccc([N+](=O)[O-])cc1)Nc1ccccc1N1CCN(CCc2ccncc2)CC1. The molecule has 9 nitrogen and oxygen atoms in total. The fraction of sp³-hybridized carbons (Fsp3) is 0.333. The minimum Gasteiger partial charge on any atom is -0.385 e. The molecule has 2 heterocycles. The van der Waals surface area contributed by atoms with E-state index in [0.29, 0.717) is 19.4 Å². The van der Waals surface area contributed by atoms with Crippen LogP contribution in [-0.2, 0) is 11.2 Å². The summed E-state index contributed by atoms with van der Waals surface area (Å²) in [4.78, 5) is 31.8. The quantitative estimate of drug-likeness (QED) is 0.237. The second-order valence-corrected chi connectivity index (χ2v) is 8.83. The Kier molecular flexibility index (Phi) is 8.82. The van der Waals surface area contributed by atoms with Crippen molar-refractivity contribution in [2.75, 3.05) is 54.8 Å². The van der Waals surface area contributed by atoms with Gasteiger partial charge in [0.25, 0.3) is 5.69 Å². The monoisotopic (exact) mass is 488 g/mol. The van der Waals surface area contributed by atoms with Gasteiger partial charge in [-0.15, -0.1) is 0 Å². The molecule has 0 unspecified atom stereocenters. The third-order valence-corrected chi connectivity index (χ3v) is 6.35. The van der Waals surface area contributed by atoms with Gasteiger partial charge in [-0.1, -0.05) is 12.1 Å². The van der Waals surface area contributed by atoms with E-state index in [1.807, 2.05) is 30.6 Å². The molecule has 1 amide bonds. The topological polar surface area (TPSA) is 104 Å². The average molecular weight is 489 g/mol. The molecule has 1 aliphatic heterocycles. The molecular formula is C27H32N6O3. The van der Waals surface area contributed by atoms with Crippen molar-refractivity contribution in [1.82, 2.24) is 9.88 Å². The minimum absolute atomic E-state index is 0.0241. The van der Waals surface area contributed by atoms with E-state index in [2.05, 4.69) is 43.6 Å². The van der Waals surface area contributed by atoms with Crippen LogP contribution in [0.2, 0.25) is 0 Å². The minimum atomic E-state index is -0.421. The van der Waals surface area contributed by atoms with Gasteiger partial charge in [0.05, 0.1) is 16.3 Å². The Bertz CT molecular complexity index is 1130. The van der Waals surface area contributed by atoms with E-state index in [1.165, 1.54) is 17.7 Å². The predicted molar refractivity (Wildman–Crippen MR) is 142 cm³/mol. The lowest BCUT2D eigenvalue weighted by Crippen LogP contribution is -2.47. The molecule has 1 saturated heterocycles. The van der Waals surface area contributed by atoms with Gasteiger partial charge in [0.15, 0.2) is 0 Å². The molecule has 36 heavy (non-hydrogen) atoms. The zero-order chi connectivity index (χ0) is 25.2. The van der Waals surface area contributed by atoms with Crippen LogP contribution in [0.1, 0.15) is 18.4 Å². The molecule has 0 radical (unpaired) electrons. The van der Waals surface area contributed by atoms with Crippen LogP contribution < -0.4 is 15.5 Å². The largest absolute Gasteiger partial charge is 0.385 e. The van der Waals surface area contributed by atoms with Crippen molar-refractivity contribution < 1.29 is 9.72 Å². The van der Waals surface area contributed by atoms with E-state index < -0.39 is 4.92 Å². The molecule has 1 aliphatic rings. The van der Waals surface area contributed by atoms with E-state index in [0.717, 1.165) is 56.2 Å². The third kappa shape index (κ3) is 7.26. The zero-order valence-corrected chi connectivity index (χ0v) is 20.3. The molecule has 2 aromatic carbocycles. The number of nitro groups is 1. The lowest BCUT2D eigenvalue weighted by molar-refractivity contribution is -0.384. The van der Waals surface area contributed by atoms with Crippen LogP contribution in [0.15, 0.2) is 73.1 Å². The van der Waals surface area contributed by atoms with Crippen molar-refractivity contribution >= 4 is 28.7 Å². The Morgan fingerprint density at radius 1 is 0.972 bits per heavy atom. The number of rotatable bonds is 11. The number of nitrogens with one attached hydrogen (secondary N) is 2. The molecule has 0 atom stereocenters. The second-order valence-electron chi connectivity index (χ2n) is 8.83. The standard InChI is InChI=1S/C27H32N6O3/c34-27(6-3-14-29-23-7-9-24(10-8-23)33(35)36)30-25-4-1-2-5-26(25)32-20-18-31(19-21-32)17-13-22-11-15-28-16-12-22/h1-2,4-5,7-12,15-16,29H,3,6,13-14,17-21H2,(H,30,34). The van der Waals surface area contributed by atoms with Crippen LogP contribution in [0.25, 0.3) is 0 Å². The van der Waals surface area contributed by atoms with Crippen molar-refractivity contribution in [2.24, 2.45) is 0 Å². The van der Waals surface area contributed by atoms with Crippen LogP contribution in [0, 0.1) is 10.1 Å². The van der Waals surface area contributed by atoms with Crippen molar-refractivity contribution in [3.63, 3.8) is 0 Å². The van der Waals surface area contributed by atoms with Gasteiger partial charge in [-0.05, 0) is 54.8 Å². The summed E-state index contributed by atoms with van der Waals surface area (Å²) in [6, 6.07) is 18.4. The molecule has 9 heteroatoms. The molecule has 0 bridgehead atoms. The Balaban J connectivity index is 1.20. The molecule has 188 valence electrons. The van der Waals surface area contributed by atoms with E-state index in [4.69, 9.17) is 0 Å². The predicted octanol–water partition coefficient (Wildman–Crippen LogP) is 4.19. The molecular weight excluding hydrogens is 456 g/mol. The molecule has 4 rings (SSSR count). The maximum atomic E-state index is 12.6. The number of pyridine rings is 1. The Morgan fingerprint density at radius 3 is 2.42 bits per heavy atom. The molecule has 0 spiro atoms. The number of non-ortho nitro benzene ring substituents is 1. The molecule has 1 aromatic heterocycles. The number of hydrogen-bond donors (Lipinski definition) is 2. The van der Waals surface area contributed by atoms with Crippen molar-refractivity contribution in [2.45, 2.75) is 19.3 Å². The first-order valence-electron chi connectivity index (χ1n) is 12.3. The maximum Gasteiger partial charge on any atom is 0.269 e. The number of para-hydroxylation sites is 2. The van der Waals surface area contributed by atoms with Crippen molar-refractivity contribution in [3.05, 3.63) is 88.7 Å². The molecule has 0 aliphatic carbocycles. The second kappa shape index (κ2) is 12.6. The maximum absolute atomic E-state index is 12.6. The number of amides is 1. The summed E-state index contributed by atoms with van der Waals surface area (Å²) in [7, 11) is 0. The van der Waals surface area contributed by atoms with Crippen molar-refractivity contribution in [3.8, 4) is 0 Å². The zero-order valence-electron chi connectivity index (χ0n) is 20.3. The number of aromatic nitrogens is 1. The van der Waals surface area contributed by atoms with Gasteiger partial charge >= 0.3 is 0 Å². The number of benzene rings is 2. The lowest BCUT2D eigenvalue weighted by Gasteiger charge is -2.37. The molecule has 3 aromatic rings. The normalized spacial score (nSPS) is 13.8. The Morgan fingerprint density at radius 2 is 1.69 bits per heavy atom. The van der Waals surface area contributed by atoms with Crippen LogP contribution >= 0.6 is 0 Å². The van der Waals surface area contributed by atoms with Gasteiger partial charge in [0.1, 0.15) is 0 Å². The molecule has 0 saturated carbocycles. The van der Waals surface area contributed by atoms with Gasteiger partial charge in [-0.25, -0.2) is 0 Å². The lowest BCUT2D eigenvalue weighted by atomic mass is 10.1. The highest BCUT2D eigenvalue weighted by Crippen LogP contribution is 2.27. The number of nitrogens with zero attached hydrogens (tertiary/aromatic N) is 4. The number of hydrogen-bond acceptors (Lipinski definition) is 7. The summed E-state index contributed by atoms with van der Waals surface area (Å²) in [5.74, 6) is -0.0241. The van der Waals surface area contributed by atoms with Gasteiger partial charge in [-0.2, -0.15) is 0 Å². The van der Waals surface area contributed by atoms with E-state index >= 15 is 0 Å². The van der Waals surface area contributed by atoms with Crippen molar-refractivity contribution in [1.29, 1.82) is 0 Å². The van der Waals surface area contributed by atoms with Crippen LogP contribution in [-0.4, -0.2) is 60.0 Å². The van der Waals surface area contributed by atoms with E-state index in [9.17, 15) is 14.9 Å². The number of anilines is 3. The van der Waals surface area contributed by atoms with Gasteiger partial charge in [-0.3, -0.25) is 24.8 Å². The van der Waals surface area contributed by atoms with E-state index in [-0.39, 0.29) is 11.6 Å². The fourth-order valence-electron chi connectivity index (χ4n) is 4.30. The summed E-state index contributed by atoms with van der Waals surface area (Å²) in [5, 5.41) is 17.0. The first-order chi connectivity index (χ1) is 17.6. The first kappa shape index (κ1) is 25.1. The summed E-state index contributed by atoms with van der Waals surface area (Å²) in [6.45, 7) is 5.45. The van der Waals surface area contributed by atoms with Gasteiger partial charge < -0.3 is 15.5 Å². The smallest absolute Gasteiger partial charge is 0.269 e. The molecule has 2 N–H and O–H groups in total. The summed E-state index contributed by atoms with van der Waals surface area (Å²) in [5.41, 5.74) is 4.07. The third-order valence-electron chi connectivity index (χ3n) is 6.35. The number of carbonyl (C=O) groups excluding carboxylic acids is 1. The Labute approximate surface area is 211 Å². The van der Waals surface area contributed by atoms with E-state index in [1.54, 1.807) is 12.1 Å². The number of nitro benzene ring substituents is 1. The highest BCUT2D eigenvalue weighted by atomic mass is 16.6. The highest BCUT2D eigenvalue weighted by molar-refractivity contribution is 5.94. The Hall–Kier alpha value is -3.98. The average Bonchev–Trinajstić information content (AvgIpc) is 2.91. The summed E-state index contributed by atoms with van der Waals surface area (Å²) in [6.07, 6.45) is 5.74. The van der Waals surface area contributed by atoms with Gasteiger partial charge in [0, 0.05) is 75.9 Å². The van der Waals surface area contributed by atoms with Crippen LogP contribution in [0.5, 0.6) is 0 Å². The first-order valence-corrected chi connectivity index (χ1v) is 12.3. The molecule has 1 fully saturated rings. The summed E-state index contributed by atoms with van der Waals surface area (Å²) >= 11 is 0. The highest BCUT2D eigenvalue weighted by Gasteiger charge is 2.19. The number of carbonyl (C=O) groups is 1. The van der Waals surface area contributed by atoms with Crippen LogP contribution in [0.4, 0.5) is 22.7 Å². The number of piperazine rings is 1. The fourth-order valence-corrected chi connectivity index (χ4v) is 4.30.